The second-order valence-corrected chi connectivity index (χ2v) is 3.32. The number of aliphatic imine (C=N–C) groups is 1. The summed E-state index contributed by atoms with van der Waals surface area (Å²) in [5.74, 6) is 0.929. The lowest BCUT2D eigenvalue weighted by atomic mass is 10.1. The van der Waals surface area contributed by atoms with Crippen LogP contribution in [0.4, 0.5) is 5.69 Å². The molecule has 0 saturated heterocycles. The Bertz CT molecular complexity index is 347. The van der Waals surface area contributed by atoms with Crippen molar-refractivity contribution in [3.05, 3.63) is 29.8 Å². The van der Waals surface area contributed by atoms with Gasteiger partial charge in [0.2, 0.25) is 0 Å². The summed E-state index contributed by atoms with van der Waals surface area (Å²) in [6.07, 6.45) is 0. The van der Waals surface area contributed by atoms with Gasteiger partial charge in [0.15, 0.2) is 5.96 Å². The molecule has 0 unspecified atom stereocenters. The smallest absolute Gasteiger partial charge is 0.198 e. The molecule has 1 aliphatic rings. The highest BCUT2D eigenvalue weighted by molar-refractivity contribution is 14.0. The number of hydrogen-bond donors (Lipinski definition) is 1. The van der Waals surface area contributed by atoms with E-state index < -0.39 is 0 Å². The molecule has 0 aromatic heterocycles. The Hall–Kier alpha value is -0.780. The highest BCUT2D eigenvalue weighted by Crippen LogP contribution is 2.19. The maximum atomic E-state index is 4.40. The molecule has 1 aliphatic heterocycles. The number of anilines is 1. The van der Waals surface area contributed by atoms with Gasteiger partial charge in [-0.25, -0.2) is 4.99 Å². The zero-order valence-electron chi connectivity index (χ0n) is 8.32. The average molecular weight is 303 g/mol. The molecule has 0 bridgehead atoms. The summed E-state index contributed by atoms with van der Waals surface area (Å²) in [5, 5.41) is 3.27. The van der Waals surface area contributed by atoms with Crippen molar-refractivity contribution >= 4 is 35.6 Å². The molecule has 76 valence electrons. The predicted octanol–water partition coefficient (Wildman–Crippen LogP) is 2.15. The number of nitrogens with one attached hydrogen (secondary N) is 1. The Morgan fingerprint density at radius 2 is 2.00 bits per heavy atom. The Labute approximate surface area is 101 Å². The Balaban J connectivity index is 0.000000980. The lowest BCUT2D eigenvalue weighted by molar-refractivity contribution is 0.613. The summed E-state index contributed by atoms with van der Waals surface area (Å²) in [6.45, 7) is 0.774. The quantitative estimate of drug-likeness (QED) is 0.744. The first-order valence-electron chi connectivity index (χ1n) is 4.34. The molecule has 0 fully saturated rings. The lowest BCUT2D eigenvalue weighted by Gasteiger charge is -2.22. The summed E-state index contributed by atoms with van der Waals surface area (Å²) >= 11 is 0. The molecule has 0 aliphatic carbocycles. The Kier molecular flexibility index (Phi) is 3.74. The first-order valence-corrected chi connectivity index (χ1v) is 4.34. The van der Waals surface area contributed by atoms with Crippen LogP contribution in [-0.2, 0) is 6.54 Å². The van der Waals surface area contributed by atoms with Crippen LogP contribution >= 0.6 is 24.0 Å². The molecule has 0 radical (unpaired) electrons. The molecule has 0 amide bonds. The zero-order chi connectivity index (χ0) is 9.26. The van der Waals surface area contributed by atoms with Gasteiger partial charge < -0.3 is 10.2 Å². The summed E-state index contributed by atoms with van der Waals surface area (Å²) < 4.78 is 0. The molecule has 14 heavy (non-hydrogen) atoms. The molecule has 0 atom stereocenters. The largest absolute Gasteiger partial charge is 0.349 e. The van der Waals surface area contributed by atoms with E-state index in [-0.39, 0.29) is 24.0 Å². The third kappa shape index (κ3) is 2.17. The van der Waals surface area contributed by atoms with Crippen molar-refractivity contribution in [2.45, 2.75) is 6.54 Å². The maximum absolute atomic E-state index is 4.40. The molecule has 1 heterocycles. The second kappa shape index (κ2) is 4.63. The molecular formula is C10H14IN3. The van der Waals surface area contributed by atoms with E-state index in [0.29, 0.717) is 0 Å². The number of rotatable bonds is 0. The van der Waals surface area contributed by atoms with Crippen molar-refractivity contribution in [3.8, 4) is 0 Å². The molecule has 0 saturated carbocycles. The predicted molar refractivity (Wildman–Crippen MR) is 70.3 cm³/mol. The van der Waals surface area contributed by atoms with Gasteiger partial charge in [-0.05, 0) is 11.6 Å². The summed E-state index contributed by atoms with van der Waals surface area (Å²) in [4.78, 5) is 6.38. The van der Waals surface area contributed by atoms with Gasteiger partial charge in [-0.15, -0.1) is 24.0 Å². The zero-order valence-corrected chi connectivity index (χ0v) is 10.6. The van der Waals surface area contributed by atoms with Crippen LogP contribution in [0.2, 0.25) is 0 Å². The monoisotopic (exact) mass is 303 g/mol. The minimum atomic E-state index is 0. The van der Waals surface area contributed by atoms with Crippen LogP contribution in [0.15, 0.2) is 29.3 Å². The van der Waals surface area contributed by atoms with E-state index in [0.717, 1.165) is 12.5 Å². The van der Waals surface area contributed by atoms with Gasteiger partial charge in [-0.2, -0.15) is 0 Å². The topological polar surface area (TPSA) is 27.6 Å². The minimum Gasteiger partial charge on any atom is -0.349 e. The summed E-state index contributed by atoms with van der Waals surface area (Å²) in [6, 6.07) is 8.24. The molecule has 1 aromatic rings. The fraction of sp³-hybridized carbons (Fsp3) is 0.300. The van der Waals surface area contributed by atoms with Gasteiger partial charge in [-0.1, -0.05) is 18.2 Å². The number of halogens is 1. The lowest BCUT2D eigenvalue weighted by Crippen LogP contribution is -2.31. The van der Waals surface area contributed by atoms with Gasteiger partial charge in [0.05, 0.1) is 6.54 Å². The van der Waals surface area contributed by atoms with Crippen LogP contribution in [0.3, 0.4) is 0 Å². The van der Waals surface area contributed by atoms with Gasteiger partial charge in [0.25, 0.3) is 0 Å². The van der Waals surface area contributed by atoms with Crippen LogP contribution in [-0.4, -0.2) is 25.0 Å². The van der Waals surface area contributed by atoms with Crippen molar-refractivity contribution in [2.75, 3.05) is 19.4 Å². The van der Waals surface area contributed by atoms with E-state index in [1.165, 1.54) is 11.3 Å². The van der Waals surface area contributed by atoms with Crippen molar-refractivity contribution < 1.29 is 0 Å². The van der Waals surface area contributed by atoms with E-state index in [1.54, 1.807) is 0 Å². The summed E-state index contributed by atoms with van der Waals surface area (Å²) in [7, 11) is 3.97. The van der Waals surface area contributed by atoms with E-state index in [9.17, 15) is 0 Å². The molecule has 1 aromatic carbocycles. The third-order valence-electron chi connectivity index (χ3n) is 2.09. The van der Waals surface area contributed by atoms with Crippen LogP contribution in [0.5, 0.6) is 0 Å². The number of fused-ring (bicyclic) bond motifs is 1. The van der Waals surface area contributed by atoms with E-state index in [2.05, 4.69) is 22.4 Å². The van der Waals surface area contributed by atoms with Crippen molar-refractivity contribution in [2.24, 2.45) is 4.99 Å². The van der Waals surface area contributed by atoms with Gasteiger partial charge in [0, 0.05) is 19.8 Å². The average Bonchev–Trinajstić information content (AvgIpc) is 2.17. The molecule has 4 heteroatoms. The highest BCUT2D eigenvalue weighted by atomic mass is 127. The molecule has 1 N–H and O–H groups in total. The Morgan fingerprint density at radius 1 is 1.29 bits per heavy atom. The number of benzene rings is 1. The Morgan fingerprint density at radius 3 is 2.71 bits per heavy atom. The van der Waals surface area contributed by atoms with Crippen LogP contribution in [0.25, 0.3) is 0 Å². The van der Waals surface area contributed by atoms with Gasteiger partial charge in [0.1, 0.15) is 0 Å². The highest BCUT2D eigenvalue weighted by Gasteiger charge is 2.10. The first-order chi connectivity index (χ1) is 6.27. The van der Waals surface area contributed by atoms with Crippen molar-refractivity contribution in [3.63, 3.8) is 0 Å². The van der Waals surface area contributed by atoms with Crippen LogP contribution in [0.1, 0.15) is 5.56 Å². The van der Waals surface area contributed by atoms with Crippen molar-refractivity contribution in [1.29, 1.82) is 0 Å². The van der Waals surface area contributed by atoms with E-state index >= 15 is 0 Å². The van der Waals surface area contributed by atoms with Crippen molar-refractivity contribution in [1.82, 2.24) is 4.90 Å². The third-order valence-corrected chi connectivity index (χ3v) is 2.09. The molecule has 0 spiro atoms. The van der Waals surface area contributed by atoms with E-state index in [4.69, 9.17) is 0 Å². The van der Waals surface area contributed by atoms with Gasteiger partial charge in [-0.3, -0.25) is 0 Å². The molecule has 2 rings (SSSR count). The van der Waals surface area contributed by atoms with Crippen LogP contribution < -0.4 is 5.32 Å². The molecular weight excluding hydrogens is 289 g/mol. The number of hydrogen-bond acceptors (Lipinski definition) is 3. The maximum Gasteiger partial charge on any atom is 0.198 e. The van der Waals surface area contributed by atoms with Gasteiger partial charge >= 0.3 is 0 Å². The number of guanidine groups is 1. The number of para-hydroxylation sites is 1. The van der Waals surface area contributed by atoms with E-state index in [1.807, 2.05) is 31.1 Å². The first kappa shape index (κ1) is 11.3. The molecule has 3 nitrogen and oxygen atoms in total. The SMILES string of the molecule is CN(C)C1=NCc2ccccc2N1.I. The van der Waals surface area contributed by atoms with Crippen LogP contribution in [0, 0.1) is 0 Å². The fourth-order valence-electron chi connectivity index (χ4n) is 1.35. The summed E-state index contributed by atoms with van der Waals surface area (Å²) in [5.41, 5.74) is 2.43. The minimum absolute atomic E-state index is 0. The normalized spacial score (nSPS) is 13.1. The standard InChI is InChI=1S/C10H13N3.HI/c1-13(2)10-11-7-8-5-3-4-6-9(8)12-10;/h3-6H,7H2,1-2H3,(H,11,12);1H. The number of nitrogens with zero attached hydrogens (tertiary/aromatic N) is 2. The second-order valence-electron chi connectivity index (χ2n) is 3.32. The fourth-order valence-corrected chi connectivity index (χ4v) is 1.35.